The molecule has 148 valence electrons. The van der Waals surface area contributed by atoms with E-state index in [2.05, 4.69) is 35.1 Å². The van der Waals surface area contributed by atoms with Crippen molar-refractivity contribution in [2.45, 2.75) is 33.6 Å². The third-order valence-corrected chi connectivity index (χ3v) is 5.24. The van der Waals surface area contributed by atoms with Crippen LogP contribution in [-0.2, 0) is 4.79 Å². The number of carbonyl (C=O) groups excluding carboxylic acids is 2. The van der Waals surface area contributed by atoms with Crippen LogP contribution in [0.4, 0.5) is 11.4 Å². The first-order valence-electron chi connectivity index (χ1n) is 9.73. The summed E-state index contributed by atoms with van der Waals surface area (Å²) in [6.07, 6.45) is 3.37. The van der Waals surface area contributed by atoms with Crippen LogP contribution in [0.15, 0.2) is 36.7 Å². The lowest BCUT2D eigenvalue weighted by Gasteiger charge is -2.35. The van der Waals surface area contributed by atoms with Gasteiger partial charge in [-0.05, 0) is 30.0 Å². The van der Waals surface area contributed by atoms with E-state index in [9.17, 15) is 9.59 Å². The number of rotatable bonds is 4. The maximum absolute atomic E-state index is 12.9. The first-order valence-corrected chi connectivity index (χ1v) is 9.73. The molecule has 0 bridgehead atoms. The largest absolute Gasteiger partial charge is 0.367 e. The Hall–Kier alpha value is -2.89. The highest BCUT2D eigenvalue weighted by atomic mass is 16.2. The van der Waals surface area contributed by atoms with Gasteiger partial charge in [0.05, 0.1) is 17.4 Å². The number of para-hydroxylation sites is 1. The fourth-order valence-corrected chi connectivity index (χ4v) is 3.53. The highest BCUT2D eigenvalue weighted by molar-refractivity contribution is 6.05. The SMILES string of the molecule is CC(=O)N1CCN(c2cncc(C(=O)Nc3c(C)cccc3C(C)C)c2)CC1. The predicted octanol–water partition coefficient (Wildman–Crippen LogP) is 3.43. The maximum Gasteiger partial charge on any atom is 0.257 e. The molecule has 1 aliphatic rings. The molecule has 2 heterocycles. The summed E-state index contributed by atoms with van der Waals surface area (Å²) < 4.78 is 0. The fourth-order valence-electron chi connectivity index (χ4n) is 3.53. The summed E-state index contributed by atoms with van der Waals surface area (Å²) in [6.45, 7) is 10.7. The fraction of sp³-hybridized carbons (Fsp3) is 0.409. The van der Waals surface area contributed by atoms with Gasteiger partial charge in [0.25, 0.3) is 5.91 Å². The zero-order chi connectivity index (χ0) is 20.3. The Morgan fingerprint density at radius 3 is 2.46 bits per heavy atom. The Morgan fingerprint density at radius 1 is 1.11 bits per heavy atom. The van der Waals surface area contributed by atoms with Crippen LogP contribution >= 0.6 is 0 Å². The molecule has 0 radical (unpaired) electrons. The molecule has 0 unspecified atom stereocenters. The predicted molar refractivity (Wildman–Crippen MR) is 112 cm³/mol. The van der Waals surface area contributed by atoms with Gasteiger partial charge >= 0.3 is 0 Å². The number of piperazine rings is 1. The third kappa shape index (κ3) is 4.32. The van der Waals surface area contributed by atoms with Crippen molar-refractivity contribution in [3.8, 4) is 0 Å². The van der Waals surface area contributed by atoms with Crippen molar-refractivity contribution in [3.05, 3.63) is 53.3 Å². The van der Waals surface area contributed by atoms with Gasteiger partial charge in [-0.3, -0.25) is 14.6 Å². The van der Waals surface area contributed by atoms with Crippen LogP contribution in [0.25, 0.3) is 0 Å². The number of nitrogens with zero attached hydrogens (tertiary/aromatic N) is 3. The first kappa shape index (κ1) is 19.9. The van der Waals surface area contributed by atoms with Crippen molar-refractivity contribution in [1.82, 2.24) is 9.88 Å². The van der Waals surface area contributed by atoms with Gasteiger partial charge < -0.3 is 15.1 Å². The molecule has 1 fully saturated rings. The minimum absolute atomic E-state index is 0.102. The van der Waals surface area contributed by atoms with E-state index in [0.717, 1.165) is 35.6 Å². The Balaban J connectivity index is 1.76. The summed E-state index contributed by atoms with van der Waals surface area (Å²) in [5.74, 6) is 0.259. The topological polar surface area (TPSA) is 65.5 Å². The summed E-state index contributed by atoms with van der Waals surface area (Å²) in [5.41, 5.74) is 4.49. The van der Waals surface area contributed by atoms with Gasteiger partial charge in [0, 0.05) is 45.0 Å². The van der Waals surface area contributed by atoms with E-state index in [-0.39, 0.29) is 11.8 Å². The molecule has 0 aliphatic carbocycles. The molecule has 6 heteroatoms. The van der Waals surface area contributed by atoms with Crippen LogP contribution in [0.5, 0.6) is 0 Å². The van der Waals surface area contributed by atoms with Gasteiger partial charge in [-0.25, -0.2) is 0 Å². The summed E-state index contributed by atoms with van der Waals surface area (Å²) >= 11 is 0. The number of anilines is 2. The zero-order valence-electron chi connectivity index (χ0n) is 17.0. The van der Waals surface area contributed by atoms with E-state index < -0.39 is 0 Å². The van der Waals surface area contributed by atoms with Gasteiger partial charge in [0.1, 0.15) is 0 Å². The van der Waals surface area contributed by atoms with E-state index in [1.54, 1.807) is 19.3 Å². The van der Waals surface area contributed by atoms with Crippen molar-refractivity contribution < 1.29 is 9.59 Å². The van der Waals surface area contributed by atoms with Crippen LogP contribution in [0.2, 0.25) is 0 Å². The van der Waals surface area contributed by atoms with E-state index in [4.69, 9.17) is 0 Å². The van der Waals surface area contributed by atoms with Gasteiger partial charge in [-0.1, -0.05) is 32.0 Å². The van der Waals surface area contributed by atoms with Crippen molar-refractivity contribution in [2.24, 2.45) is 0 Å². The minimum atomic E-state index is -0.159. The molecule has 1 aromatic carbocycles. The van der Waals surface area contributed by atoms with Gasteiger partial charge in [-0.15, -0.1) is 0 Å². The lowest BCUT2D eigenvalue weighted by atomic mass is 9.98. The summed E-state index contributed by atoms with van der Waals surface area (Å²) in [4.78, 5) is 32.7. The smallest absolute Gasteiger partial charge is 0.257 e. The number of aryl methyl sites for hydroxylation is 1. The molecule has 0 atom stereocenters. The Kier molecular flexibility index (Phi) is 5.97. The summed E-state index contributed by atoms with van der Waals surface area (Å²) in [5, 5.41) is 3.08. The van der Waals surface area contributed by atoms with Crippen molar-refractivity contribution in [3.63, 3.8) is 0 Å². The molecule has 1 aliphatic heterocycles. The number of pyridine rings is 1. The quantitative estimate of drug-likeness (QED) is 0.882. The molecule has 2 aromatic rings. The van der Waals surface area contributed by atoms with E-state index in [1.807, 2.05) is 30.0 Å². The minimum Gasteiger partial charge on any atom is -0.367 e. The number of hydrogen-bond acceptors (Lipinski definition) is 4. The highest BCUT2D eigenvalue weighted by Gasteiger charge is 2.20. The lowest BCUT2D eigenvalue weighted by molar-refractivity contribution is -0.129. The number of nitrogens with one attached hydrogen (secondary N) is 1. The molecule has 1 aromatic heterocycles. The van der Waals surface area contributed by atoms with Crippen molar-refractivity contribution in [2.75, 3.05) is 36.4 Å². The molecular formula is C22H28N4O2. The monoisotopic (exact) mass is 380 g/mol. The van der Waals surface area contributed by atoms with Crippen molar-refractivity contribution in [1.29, 1.82) is 0 Å². The lowest BCUT2D eigenvalue weighted by Crippen LogP contribution is -2.48. The van der Waals surface area contributed by atoms with E-state index >= 15 is 0 Å². The molecule has 28 heavy (non-hydrogen) atoms. The number of amides is 2. The zero-order valence-corrected chi connectivity index (χ0v) is 17.0. The molecule has 0 spiro atoms. The average Bonchev–Trinajstić information content (AvgIpc) is 2.69. The molecule has 0 saturated carbocycles. The van der Waals surface area contributed by atoms with E-state index in [1.165, 1.54) is 0 Å². The molecule has 6 nitrogen and oxygen atoms in total. The Bertz CT molecular complexity index is 871. The standard InChI is InChI=1S/C22H28N4O2/c1-15(2)20-7-5-6-16(3)21(20)24-22(28)18-12-19(14-23-13-18)26-10-8-25(9-11-26)17(4)27/h5-7,12-15H,8-11H2,1-4H3,(H,24,28). The van der Waals surface area contributed by atoms with Gasteiger partial charge in [-0.2, -0.15) is 0 Å². The van der Waals surface area contributed by atoms with Crippen LogP contribution < -0.4 is 10.2 Å². The van der Waals surface area contributed by atoms with Gasteiger partial charge in [0.2, 0.25) is 5.91 Å². The molecule has 1 N–H and O–H groups in total. The van der Waals surface area contributed by atoms with Crippen LogP contribution in [0, 0.1) is 6.92 Å². The second kappa shape index (κ2) is 8.42. The Morgan fingerprint density at radius 2 is 1.82 bits per heavy atom. The second-order valence-corrected chi connectivity index (χ2v) is 7.57. The normalized spacial score (nSPS) is 14.3. The molecule has 1 saturated heterocycles. The number of benzene rings is 1. The third-order valence-electron chi connectivity index (χ3n) is 5.24. The average molecular weight is 380 g/mol. The highest BCUT2D eigenvalue weighted by Crippen LogP contribution is 2.28. The summed E-state index contributed by atoms with van der Waals surface area (Å²) in [7, 11) is 0. The molecule has 2 amide bonds. The maximum atomic E-state index is 12.9. The van der Waals surface area contributed by atoms with E-state index in [0.29, 0.717) is 24.6 Å². The van der Waals surface area contributed by atoms with Crippen LogP contribution in [0.3, 0.4) is 0 Å². The number of aromatic nitrogens is 1. The van der Waals surface area contributed by atoms with Gasteiger partial charge in [0.15, 0.2) is 0 Å². The van der Waals surface area contributed by atoms with Crippen molar-refractivity contribution >= 4 is 23.2 Å². The molecule has 3 rings (SSSR count). The second-order valence-electron chi connectivity index (χ2n) is 7.57. The van der Waals surface area contributed by atoms with Crippen LogP contribution in [0.1, 0.15) is 48.2 Å². The number of hydrogen-bond donors (Lipinski definition) is 1. The Labute approximate surface area is 166 Å². The van der Waals surface area contributed by atoms with Crippen LogP contribution in [-0.4, -0.2) is 47.9 Å². The number of carbonyl (C=O) groups is 2. The first-order chi connectivity index (χ1) is 13.4. The molecular weight excluding hydrogens is 352 g/mol. The summed E-state index contributed by atoms with van der Waals surface area (Å²) in [6, 6.07) is 7.95.